The number of benzene rings is 2. The smallest absolute Gasteiger partial charge is 0.256 e. The van der Waals surface area contributed by atoms with Gasteiger partial charge in [0.15, 0.2) is 11.0 Å². The highest BCUT2D eigenvalue weighted by molar-refractivity contribution is 7.98. The molecule has 0 saturated carbocycles. The Morgan fingerprint density at radius 3 is 2.64 bits per heavy atom. The number of para-hydroxylation sites is 1. The molecule has 0 atom stereocenters. The highest BCUT2D eigenvalue weighted by atomic mass is 35.5. The van der Waals surface area contributed by atoms with E-state index in [1.165, 1.54) is 30.0 Å². The number of carbonyl (C=O) groups excluding carboxylic acids is 1. The van der Waals surface area contributed by atoms with Gasteiger partial charge in [0.2, 0.25) is 0 Å². The molecule has 0 radical (unpaired) electrons. The van der Waals surface area contributed by atoms with E-state index in [0.29, 0.717) is 11.0 Å². The molecule has 1 amide bonds. The molecular formula is C17H14ClFN4OS. The first-order valence-corrected chi connectivity index (χ1v) is 8.98. The van der Waals surface area contributed by atoms with Crippen molar-refractivity contribution in [2.75, 3.05) is 6.26 Å². The molecule has 8 heteroatoms. The first-order chi connectivity index (χ1) is 12.1. The molecule has 0 bridgehead atoms. The molecule has 0 unspecified atom stereocenters. The van der Waals surface area contributed by atoms with Crippen LogP contribution >= 0.6 is 23.4 Å². The molecule has 0 aliphatic heterocycles. The largest absolute Gasteiger partial charge is 0.345 e. The quantitative estimate of drug-likeness (QED) is 0.689. The van der Waals surface area contributed by atoms with Crippen molar-refractivity contribution in [2.24, 2.45) is 0 Å². The van der Waals surface area contributed by atoms with Crippen molar-refractivity contribution in [2.45, 2.75) is 11.7 Å². The monoisotopic (exact) mass is 376 g/mol. The summed E-state index contributed by atoms with van der Waals surface area (Å²) in [4.78, 5) is 12.3. The van der Waals surface area contributed by atoms with Crippen LogP contribution in [-0.4, -0.2) is 26.9 Å². The number of aromatic nitrogens is 3. The number of nitrogens with zero attached hydrogens (tertiary/aromatic N) is 3. The lowest BCUT2D eigenvalue weighted by Gasteiger charge is -2.11. The first kappa shape index (κ1) is 17.4. The van der Waals surface area contributed by atoms with E-state index >= 15 is 0 Å². The van der Waals surface area contributed by atoms with Crippen molar-refractivity contribution in [1.29, 1.82) is 0 Å². The van der Waals surface area contributed by atoms with Crippen LogP contribution in [-0.2, 0) is 6.54 Å². The lowest BCUT2D eigenvalue weighted by Crippen LogP contribution is -2.26. The zero-order valence-electron chi connectivity index (χ0n) is 13.2. The van der Waals surface area contributed by atoms with Crippen LogP contribution in [0.5, 0.6) is 0 Å². The molecule has 0 aliphatic carbocycles. The second-order valence-electron chi connectivity index (χ2n) is 5.05. The fourth-order valence-corrected chi connectivity index (χ4v) is 3.11. The van der Waals surface area contributed by atoms with Crippen LogP contribution in [0.15, 0.2) is 53.7 Å². The summed E-state index contributed by atoms with van der Waals surface area (Å²) < 4.78 is 15.7. The van der Waals surface area contributed by atoms with Gasteiger partial charge in [-0.2, -0.15) is 0 Å². The van der Waals surface area contributed by atoms with Crippen LogP contribution in [0.2, 0.25) is 5.02 Å². The molecule has 0 spiro atoms. The summed E-state index contributed by atoms with van der Waals surface area (Å²) in [5.41, 5.74) is 0.699. The number of hydrogen-bond donors (Lipinski definition) is 1. The van der Waals surface area contributed by atoms with Gasteiger partial charge in [0, 0.05) is 5.69 Å². The predicted molar refractivity (Wildman–Crippen MR) is 95.7 cm³/mol. The summed E-state index contributed by atoms with van der Waals surface area (Å²) >= 11 is 7.36. The van der Waals surface area contributed by atoms with Gasteiger partial charge in [-0.05, 0) is 30.5 Å². The standard InChI is InChI=1S/C17H14ClFN4OS/c1-25-17-22-21-14(23(17)11-6-3-2-4-7-11)10-20-16(24)15-12(18)8-5-9-13(15)19/h2-9H,10H2,1H3,(H,20,24). The van der Waals surface area contributed by atoms with Gasteiger partial charge in [0.05, 0.1) is 17.1 Å². The number of hydrogen-bond acceptors (Lipinski definition) is 4. The van der Waals surface area contributed by atoms with E-state index in [1.807, 2.05) is 41.2 Å². The third-order valence-electron chi connectivity index (χ3n) is 3.49. The van der Waals surface area contributed by atoms with Gasteiger partial charge < -0.3 is 5.32 Å². The molecule has 0 aliphatic rings. The van der Waals surface area contributed by atoms with E-state index in [2.05, 4.69) is 15.5 Å². The molecule has 3 aromatic rings. The van der Waals surface area contributed by atoms with E-state index in [-0.39, 0.29) is 17.1 Å². The second-order valence-corrected chi connectivity index (χ2v) is 6.23. The summed E-state index contributed by atoms with van der Waals surface area (Å²) in [6.45, 7) is 0.0892. The van der Waals surface area contributed by atoms with E-state index in [9.17, 15) is 9.18 Å². The molecular weight excluding hydrogens is 363 g/mol. The number of carbonyl (C=O) groups is 1. The van der Waals surface area contributed by atoms with Crippen LogP contribution in [0.25, 0.3) is 5.69 Å². The number of halogens is 2. The SMILES string of the molecule is CSc1nnc(CNC(=O)c2c(F)cccc2Cl)n1-c1ccccc1. The maximum absolute atomic E-state index is 13.8. The summed E-state index contributed by atoms with van der Waals surface area (Å²) in [7, 11) is 0. The average Bonchev–Trinajstić information content (AvgIpc) is 3.03. The molecule has 128 valence electrons. The molecule has 3 rings (SSSR count). The van der Waals surface area contributed by atoms with Gasteiger partial charge in [-0.25, -0.2) is 4.39 Å². The Labute approximate surface area is 153 Å². The minimum Gasteiger partial charge on any atom is -0.345 e. The highest BCUT2D eigenvalue weighted by Gasteiger charge is 2.18. The third kappa shape index (κ3) is 3.67. The lowest BCUT2D eigenvalue weighted by molar-refractivity contribution is 0.0946. The van der Waals surface area contributed by atoms with Crippen LogP contribution in [0, 0.1) is 5.82 Å². The summed E-state index contributed by atoms with van der Waals surface area (Å²) in [5, 5.41) is 11.7. The zero-order chi connectivity index (χ0) is 17.8. The minimum absolute atomic E-state index is 0.0619. The number of nitrogens with one attached hydrogen (secondary N) is 1. The van der Waals surface area contributed by atoms with Crippen LogP contribution in [0.1, 0.15) is 16.2 Å². The van der Waals surface area contributed by atoms with Crippen molar-refractivity contribution >= 4 is 29.3 Å². The van der Waals surface area contributed by atoms with Crippen molar-refractivity contribution < 1.29 is 9.18 Å². The molecule has 0 fully saturated rings. The Balaban J connectivity index is 1.85. The minimum atomic E-state index is -0.667. The average molecular weight is 377 g/mol. The fourth-order valence-electron chi connectivity index (χ4n) is 2.35. The van der Waals surface area contributed by atoms with Crippen LogP contribution < -0.4 is 5.32 Å². The molecule has 0 saturated heterocycles. The van der Waals surface area contributed by atoms with Gasteiger partial charge in [-0.15, -0.1) is 10.2 Å². The summed E-state index contributed by atoms with van der Waals surface area (Å²) in [6, 6.07) is 13.7. The first-order valence-electron chi connectivity index (χ1n) is 7.37. The Hall–Kier alpha value is -2.38. The van der Waals surface area contributed by atoms with Crippen LogP contribution in [0.4, 0.5) is 4.39 Å². The fraction of sp³-hybridized carbons (Fsp3) is 0.118. The maximum Gasteiger partial charge on any atom is 0.256 e. The molecule has 1 heterocycles. The zero-order valence-corrected chi connectivity index (χ0v) is 14.8. The van der Waals surface area contributed by atoms with Gasteiger partial charge in [0.1, 0.15) is 5.82 Å². The molecule has 2 aromatic carbocycles. The normalized spacial score (nSPS) is 10.7. The maximum atomic E-state index is 13.8. The predicted octanol–water partition coefficient (Wildman–Crippen LogP) is 3.71. The number of rotatable bonds is 5. The van der Waals surface area contributed by atoms with Gasteiger partial charge in [0.25, 0.3) is 5.91 Å². The van der Waals surface area contributed by atoms with Crippen molar-refractivity contribution in [3.63, 3.8) is 0 Å². The van der Waals surface area contributed by atoms with Crippen LogP contribution in [0.3, 0.4) is 0 Å². The lowest BCUT2D eigenvalue weighted by atomic mass is 10.2. The number of thioether (sulfide) groups is 1. The Kier molecular flexibility index (Phi) is 5.35. The van der Waals surface area contributed by atoms with E-state index in [4.69, 9.17) is 11.6 Å². The molecule has 25 heavy (non-hydrogen) atoms. The van der Waals surface area contributed by atoms with E-state index in [1.54, 1.807) is 0 Å². The summed E-state index contributed by atoms with van der Waals surface area (Å²) in [6.07, 6.45) is 1.89. The topological polar surface area (TPSA) is 59.8 Å². The number of amides is 1. The molecule has 1 N–H and O–H groups in total. The van der Waals surface area contributed by atoms with Gasteiger partial charge in [-0.3, -0.25) is 9.36 Å². The van der Waals surface area contributed by atoms with Crippen molar-refractivity contribution in [1.82, 2.24) is 20.1 Å². The summed E-state index contributed by atoms with van der Waals surface area (Å²) in [5.74, 6) is -0.730. The molecule has 1 aromatic heterocycles. The Bertz CT molecular complexity index is 881. The third-order valence-corrected chi connectivity index (χ3v) is 4.44. The van der Waals surface area contributed by atoms with Gasteiger partial charge in [-0.1, -0.05) is 47.6 Å². The van der Waals surface area contributed by atoms with Gasteiger partial charge >= 0.3 is 0 Å². The molecule has 5 nitrogen and oxygen atoms in total. The second kappa shape index (κ2) is 7.67. The van der Waals surface area contributed by atoms with E-state index in [0.717, 1.165) is 5.69 Å². The Morgan fingerprint density at radius 1 is 1.20 bits per heavy atom. The van der Waals surface area contributed by atoms with Crippen molar-refractivity contribution in [3.8, 4) is 5.69 Å². The van der Waals surface area contributed by atoms with Crippen molar-refractivity contribution in [3.05, 3.63) is 70.8 Å². The highest BCUT2D eigenvalue weighted by Crippen LogP contribution is 2.21. The Morgan fingerprint density at radius 2 is 1.96 bits per heavy atom. The van der Waals surface area contributed by atoms with E-state index < -0.39 is 11.7 Å².